The molecule has 2 saturated carbocycles. The zero-order valence-corrected chi connectivity index (χ0v) is 14.0. The highest BCUT2D eigenvalue weighted by molar-refractivity contribution is 7.80. The van der Waals surface area contributed by atoms with Crippen molar-refractivity contribution in [1.29, 1.82) is 0 Å². The summed E-state index contributed by atoms with van der Waals surface area (Å²) in [6.45, 7) is 6.29. The third kappa shape index (κ3) is 2.84. The first-order valence-electron chi connectivity index (χ1n) is 7.54. The van der Waals surface area contributed by atoms with Gasteiger partial charge in [-0.3, -0.25) is 0 Å². The molecule has 4 atom stereocenters. The molecule has 2 fully saturated rings. The van der Waals surface area contributed by atoms with Crippen LogP contribution in [0.4, 0.5) is 0 Å². The van der Waals surface area contributed by atoms with Crippen molar-refractivity contribution in [3.8, 4) is 0 Å². The third-order valence-electron chi connectivity index (χ3n) is 4.73. The lowest BCUT2D eigenvalue weighted by atomic mass is 9.95. The molecule has 0 aliphatic heterocycles. The predicted octanol–water partition coefficient (Wildman–Crippen LogP) is 3.47. The van der Waals surface area contributed by atoms with Gasteiger partial charge in [0.2, 0.25) is 0 Å². The first-order chi connectivity index (χ1) is 9.52. The Kier molecular flexibility index (Phi) is 4.00. The van der Waals surface area contributed by atoms with E-state index < -0.39 is 0 Å². The van der Waals surface area contributed by atoms with E-state index in [-0.39, 0.29) is 6.04 Å². The minimum absolute atomic E-state index is 0.236. The lowest BCUT2D eigenvalue weighted by Crippen LogP contribution is -2.44. The van der Waals surface area contributed by atoms with Gasteiger partial charge in [-0.15, -0.1) is 11.3 Å². The van der Waals surface area contributed by atoms with Crippen molar-refractivity contribution >= 4 is 28.7 Å². The number of nitrogens with zero attached hydrogens (tertiary/aromatic N) is 1. The summed E-state index contributed by atoms with van der Waals surface area (Å²) in [5, 5.41) is 8.90. The van der Waals surface area contributed by atoms with E-state index in [1.807, 2.05) is 0 Å². The summed E-state index contributed by atoms with van der Waals surface area (Å²) in [6, 6.07) is 0.838. The molecule has 1 aromatic rings. The minimum Gasteiger partial charge on any atom is -0.360 e. The molecular formula is C15H23N3S2. The van der Waals surface area contributed by atoms with Crippen molar-refractivity contribution in [2.24, 2.45) is 11.8 Å². The molecule has 110 valence electrons. The minimum atomic E-state index is 0.236. The zero-order chi connectivity index (χ0) is 14.3. The van der Waals surface area contributed by atoms with Crippen molar-refractivity contribution in [1.82, 2.24) is 15.6 Å². The van der Waals surface area contributed by atoms with Crippen LogP contribution in [0.25, 0.3) is 0 Å². The maximum Gasteiger partial charge on any atom is 0.167 e. The van der Waals surface area contributed by atoms with Gasteiger partial charge in [-0.05, 0) is 64.1 Å². The quantitative estimate of drug-likeness (QED) is 0.838. The van der Waals surface area contributed by atoms with Crippen molar-refractivity contribution in [2.75, 3.05) is 0 Å². The molecule has 0 radical (unpaired) electrons. The summed E-state index contributed by atoms with van der Waals surface area (Å²) >= 11 is 7.25. The van der Waals surface area contributed by atoms with E-state index in [0.717, 1.165) is 27.6 Å². The van der Waals surface area contributed by atoms with Crippen LogP contribution in [0.1, 0.15) is 54.2 Å². The number of rotatable bonds is 3. The van der Waals surface area contributed by atoms with Gasteiger partial charge in [-0.2, -0.15) is 0 Å². The molecule has 0 saturated heterocycles. The fraction of sp³-hybridized carbons (Fsp3) is 0.733. The molecule has 1 heterocycles. The van der Waals surface area contributed by atoms with Crippen molar-refractivity contribution in [3.05, 3.63) is 15.6 Å². The molecule has 2 N–H and O–H groups in total. The maximum absolute atomic E-state index is 5.49. The summed E-state index contributed by atoms with van der Waals surface area (Å²) < 4.78 is 0. The second kappa shape index (κ2) is 5.60. The average molecular weight is 310 g/mol. The van der Waals surface area contributed by atoms with Gasteiger partial charge in [-0.25, -0.2) is 4.98 Å². The van der Waals surface area contributed by atoms with Crippen LogP contribution in [-0.4, -0.2) is 16.1 Å². The molecule has 3 nitrogen and oxygen atoms in total. The predicted molar refractivity (Wildman–Crippen MR) is 88.1 cm³/mol. The second-order valence-electron chi connectivity index (χ2n) is 6.30. The molecule has 0 spiro atoms. The van der Waals surface area contributed by atoms with Crippen LogP contribution in [0.2, 0.25) is 0 Å². The largest absolute Gasteiger partial charge is 0.360 e. The maximum atomic E-state index is 5.49. The number of aromatic nitrogens is 1. The van der Waals surface area contributed by atoms with Crippen LogP contribution in [0.15, 0.2) is 0 Å². The summed E-state index contributed by atoms with van der Waals surface area (Å²) in [4.78, 5) is 5.78. The highest BCUT2D eigenvalue weighted by Crippen LogP contribution is 2.44. The average Bonchev–Trinajstić information content (AvgIpc) is 3.04. The second-order valence-corrected chi connectivity index (χ2v) is 7.95. The monoisotopic (exact) mass is 309 g/mol. The number of thiocarbonyl (C=S) groups is 1. The van der Waals surface area contributed by atoms with Gasteiger partial charge in [0.1, 0.15) is 0 Å². The molecule has 20 heavy (non-hydrogen) atoms. The Morgan fingerprint density at radius 2 is 2.15 bits per heavy atom. The molecule has 2 aliphatic rings. The molecule has 0 unspecified atom stereocenters. The number of thiazole rings is 1. The zero-order valence-electron chi connectivity index (χ0n) is 12.4. The van der Waals surface area contributed by atoms with Crippen molar-refractivity contribution < 1.29 is 0 Å². The first kappa shape index (κ1) is 14.3. The molecule has 2 aliphatic carbocycles. The van der Waals surface area contributed by atoms with Crippen LogP contribution in [0.5, 0.6) is 0 Å². The van der Waals surface area contributed by atoms with Crippen LogP contribution in [0.3, 0.4) is 0 Å². The molecule has 2 bridgehead atoms. The molecule has 1 aromatic heterocycles. The fourth-order valence-electron chi connectivity index (χ4n) is 3.84. The van der Waals surface area contributed by atoms with Crippen LogP contribution < -0.4 is 10.6 Å². The molecule has 0 aromatic carbocycles. The standard InChI is InChI=1S/C15H23N3S2/c1-8-14(20-10(3)16-8)9(2)17-15(19)18-13-7-11-4-5-12(13)6-11/h9,11-13H,4-7H2,1-3H3,(H2,17,18,19)/t9-,11+,12+,13+/m1/s1. The van der Waals surface area contributed by atoms with Crippen LogP contribution in [-0.2, 0) is 0 Å². The topological polar surface area (TPSA) is 37.0 Å². The van der Waals surface area contributed by atoms with Gasteiger partial charge in [-0.1, -0.05) is 6.42 Å². The summed E-state index contributed by atoms with van der Waals surface area (Å²) in [6.07, 6.45) is 5.52. The van der Waals surface area contributed by atoms with Gasteiger partial charge in [0, 0.05) is 10.9 Å². The SMILES string of the molecule is Cc1nc(C)c([C@@H](C)NC(=S)N[C@H]2C[C@H]3CC[C@H]2C3)s1. The lowest BCUT2D eigenvalue weighted by molar-refractivity contribution is 0.388. The fourth-order valence-corrected chi connectivity index (χ4v) is 5.10. The summed E-state index contributed by atoms with van der Waals surface area (Å²) in [5.41, 5.74) is 1.12. The van der Waals surface area contributed by atoms with E-state index in [2.05, 4.69) is 36.4 Å². The van der Waals surface area contributed by atoms with Gasteiger partial charge >= 0.3 is 0 Å². The van der Waals surface area contributed by atoms with E-state index in [1.165, 1.54) is 30.6 Å². The van der Waals surface area contributed by atoms with E-state index in [0.29, 0.717) is 6.04 Å². The Morgan fingerprint density at radius 1 is 1.35 bits per heavy atom. The molecular weight excluding hydrogens is 286 g/mol. The first-order valence-corrected chi connectivity index (χ1v) is 8.76. The Hall–Kier alpha value is -0.680. The Bertz CT molecular complexity index is 511. The van der Waals surface area contributed by atoms with Crippen molar-refractivity contribution in [3.63, 3.8) is 0 Å². The number of hydrogen-bond donors (Lipinski definition) is 2. The molecule has 0 amide bonds. The molecule has 3 rings (SSSR count). The Balaban J connectivity index is 1.55. The Labute approximate surface area is 130 Å². The van der Waals surface area contributed by atoms with E-state index >= 15 is 0 Å². The van der Waals surface area contributed by atoms with Gasteiger partial charge in [0.05, 0.1) is 16.7 Å². The normalized spacial score (nSPS) is 29.4. The summed E-state index contributed by atoms with van der Waals surface area (Å²) in [5.74, 6) is 1.80. The number of nitrogens with one attached hydrogen (secondary N) is 2. The number of hydrogen-bond acceptors (Lipinski definition) is 3. The van der Waals surface area contributed by atoms with Crippen LogP contribution in [0, 0.1) is 25.7 Å². The van der Waals surface area contributed by atoms with Gasteiger partial charge in [0.15, 0.2) is 5.11 Å². The smallest absolute Gasteiger partial charge is 0.167 e. The van der Waals surface area contributed by atoms with E-state index in [1.54, 1.807) is 11.3 Å². The van der Waals surface area contributed by atoms with Gasteiger partial charge < -0.3 is 10.6 Å². The van der Waals surface area contributed by atoms with E-state index in [4.69, 9.17) is 12.2 Å². The lowest BCUT2D eigenvalue weighted by Gasteiger charge is -2.26. The highest BCUT2D eigenvalue weighted by atomic mass is 32.1. The van der Waals surface area contributed by atoms with Gasteiger partial charge in [0.25, 0.3) is 0 Å². The number of fused-ring (bicyclic) bond motifs is 2. The summed E-state index contributed by atoms with van der Waals surface area (Å²) in [7, 11) is 0. The van der Waals surface area contributed by atoms with Crippen molar-refractivity contribution in [2.45, 2.75) is 58.5 Å². The highest BCUT2D eigenvalue weighted by Gasteiger charge is 2.39. The third-order valence-corrected chi connectivity index (χ3v) is 6.23. The molecule has 5 heteroatoms. The Morgan fingerprint density at radius 3 is 2.70 bits per heavy atom. The van der Waals surface area contributed by atoms with E-state index in [9.17, 15) is 0 Å². The number of aryl methyl sites for hydroxylation is 2. The van der Waals surface area contributed by atoms with Crippen LogP contribution >= 0.6 is 23.6 Å².